The van der Waals surface area contributed by atoms with E-state index in [2.05, 4.69) is 26.1 Å². The summed E-state index contributed by atoms with van der Waals surface area (Å²) in [7, 11) is 0. The van der Waals surface area contributed by atoms with Gasteiger partial charge in [0.25, 0.3) is 0 Å². The number of hydrogen-bond acceptors (Lipinski definition) is 2. The summed E-state index contributed by atoms with van der Waals surface area (Å²) in [6.07, 6.45) is 0. The molecular weight excluding hydrogens is 114 g/mol. The summed E-state index contributed by atoms with van der Waals surface area (Å²) < 4.78 is 0. The molecule has 2 N–H and O–H groups in total. The molecule has 0 aliphatic carbocycles. The average Bonchev–Trinajstić information content (AvgIpc) is 1.82. The fourth-order valence-electron chi connectivity index (χ4n) is 0.528. The molecule has 0 aliphatic heterocycles. The Balaban J connectivity index is 3.16. The predicted octanol–water partition coefficient (Wildman–Crippen LogP) is 0.818. The van der Waals surface area contributed by atoms with Gasteiger partial charge in [-0.3, -0.25) is 5.32 Å². The molecule has 9 heavy (non-hydrogen) atoms. The molecule has 0 bridgehead atoms. The van der Waals surface area contributed by atoms with Crippen molar-refractivity contribution in [3.8, 4) is 0 Å². The van der Waals surface area contributed by atoms with Gasteiger partial charge >= 0.3 is 0 Å². The molecule has 0 aromatic carbocycles. The molecule has 0 amide bonds. The van der Waals surface area contributed by atoms with Crippen molar-refractivity contribution in [2.75, 3.05) is 13.3 Å². The molecule has 2 heteroatoms. The highest BCUT2D eigenvalue weighted by Gasteiger charge is 2.04. The molecule has 0 aromatic heterocycles. The second-order valence-corrected chi connectivity index (χ2v) is 2.83. The number of nitrogens with one attached hydrogen (secondary N) is 1. The molecule has 0 spiro atoms. The van der Waals surface area contributed by atoms with Crippen molar-refractivity contribution >= 4 is 0 Å². The normalized spacial score (nSPS) is 14.3. The standard InChI is InChI=1S/C7H17NO/c1-6(2)7(3)4-8-5-9/h6-9H,4-5H2,1-3H3. The lowest BCUT2D eigenvalue weighted by Crippen LogP contribution is -2.24. The first-order valence-electron chi connectivity index (χ1n) is 3.50. The van der Waals surface area contributed by atoms with E-state index < -0.39 is 0 Å². The van der Waals surface area contributed by atoms with Crippen molar-refractivity contribution in [2.24, 2.45) is 11.8 Å². The Morgan fingerprint density at radius 1 is 1.33 bits per heavy atom. The van der Waals surface area contributed by atoms with Crippen LogP contribution in [-0.4, -0.2) is 18.4 Å². The zero-order chi connectivity index (χ0) is 7.28. The molecule has 56 valence electrons. The first-order valence-corrected chi connectivity index (χ1v) is 3.50. The van der Waals surface area contributed by atoms with Crippen LogP contribution in [0.2, 0.25) is 0 Å². The zero-order valence-corrected chi connectivity index (χ0v) is 6.52. The Morgan fingerprint density at radius 3 is 2.22 bits per heavy atom. The maximum absolute atomic E-state index is 8.39. The van der Waals surface area contributed by atoms with Gasteiger partial charge in [0.05, 0.1) is 6.73 Å². The zero-order valence-electron chi connectivity index (χ0n) is 6.52. The number of aliphatic hydroxyl groups is 1. The molecule has 2 nitrogen and oxygen atoms in total. The molecule has 0 fully saturated rings. The minimum absolute atomic E-state index is 0.0943. The van der Waals surface area contributed by atoms with Crippen molar-refractivity contribution in [3.63, 3.8) is 0 Å². The Labute approximate surface area is 57.3 Å². The number of rotatable bonds is 4. The maximum Gasteiger partial charge on any atom is 0.0931 e. The van der Waals surface area contributed by atoms with Gasteiger partial charge in [-0.05, 0) is 11.8 Å². The van der Waals surface area contributed by atoms with Gasteiger partial charge in [0.2, 0.25) is 0 Å². The lowest BCUT2D eigenvalue weighted by Gasteiger charge is -2.14. The quantitative estimate of drug-likeness (QED) is 0.554. The predicted molar refractivity (Wildman–Crippen MR) is 39.1 cm³/mol. The molecule has 0 radical (unpaired) electrons. The third-order valence-electron chi connectivity index (χ3n) is 1.72. The summed E-state index contributed by atoms with van der Waals surface area (Å²) in [5, 5.41) is 11.3. The highest BCUT2D eigenvalue weighted by atomic mass is 16.3. The van der Waals surface area contributed by atoms with E-state index in [1.54, 1.807) is 0 Å². The molecule has 0 aliphatic rings. The lowest BCUT2D eigenvalue weighted by molar-refractivity contribution is 0.243. The van der Waals surface area contributed by atoms with Crippen molar-refractivity contribution < 1.29 is 5.11 Å². The van der Waals surface area contributed by atoms with Crippen LogP contribution in [0.5, 0.6) is 0 Å². The van der Waals surface area contributed by atoms with Gasteiger partial charge in [-0.15, -0.1) is 0 Å². The van der Waals surface area contributed by atoms with E-state index in [1.165, 1.54) is 0 Å². The van der Waals surface area contributed by atoms with Gasteiger partial charge in [-0.2, -0.15) is 0 Å². The molecule has 0 rings (SSSR count). The summed E-state index contributed by atoms with van der Waals surface area (Å²) in [5.74, 6) is 1.35. The van der Waals surface area contributed by atoms with E-state index >= 15 is 0 Å². The fraction of sp³-hybridized carbons (Fsp3) is 1.00. The van der Waals surface area contributed by atoms with Gasteiger partial charge in [0.15, 0.2) is 0 Å². The van der Waals surface area contributed by atoms with Crippen molar-refractivity contribution in [3.05, 3.63) is 0 Å². The molecule has 1 unspecified atom stereocenters. The highest BCUT2D eigenvalue weighted by Crippen LogP contribution is 2.06. The van der Waals surface area contributed by atoms with Crippen molar-refractivity contribution in [2.45, 2.75) is 20.8 Å². The van der Waals surface area contributed by atoms with E-state index in [4.69, 9.17) is 5.11 Å². The summed E-state index contributed by atoms with van der Waals surface area (Å²) in [6.45, 7) is 7.55. The van der Waals surface area contributed by atoms with E-state index in [1.807, 2.05) is 0 Å². The Bertz CT molecular complexity index is 63.9. The van der Waals surface area contributed by atoms with Gasteiger partial charge in [-0.25, -0.2) is 0 Å². The van der Waals surface area contributed by atoms with Crippen LogP contribution in [0.15, 0.2) is 0 Å². The van der Waals surface area contributed by atoms with Gasteiger partial charge in [0.1, 0.15) is 0 Å². The average molecular weight is 131 g/mol. The number of aliphatic hydroxyl groups excluding tert-OH is 1. The van der Waals surface area contributed by atoms with Crippen LogP contribution in [-0.2, 0) is 0 Å². The fourth-order valence-corrected chi connectivity index (χ4v) is 0.528. The van der Waals surface area contributed by atoms with Crippen LogP contribution in [0.3, 0.4) is 0 Å². The van der Waals surface area contributed by atoms with E-state index in [-0.39, 0.29) is 6.73 Å². The third-order valence-corrected chi connectivity index (χ3v) is 1.72. The van der Waals surface area contributed by atoms with Gasteiger partial charge < -0.3 is 5.11 Å². The Hall–Kier alpha value is -0.0800. The van der Waals surface area contributed by atoms with Crippen molar-refractivity contribution in [1.82, 2.24) is 5.32 Å². The first-order chi connectivity index (χ1) is 4.18. The molecule has 0 aromatic rings. The van der Waals surface area contributed by atoms with Crippen LogP contribution in [0, 0.1) is 11.8 Å². The lowest BCUT2D eigenvalue weighted by atomic mass is 9.98. The molecule has 0 saturated carbocycles. The molecule has 1 atom stereocenters. The van der Waals surface area contributed by atoms with E-state index in [9.17, 15) is 0 Å². The van der Waals surface area contributed by atoms with E-state index in [0.29, 0.717) is 11.8 Å². The van der Waals surface area contributed by atoms with E-state index in [0.717, 1.165) is 6.54 Å². The summed E-state index contributed by atoms with van der Waals surface area (Å²) in [5.41, 5.74) is 0. The van der Waals surface area contributed by atoms with Crippen LogP contribution in [0.25, 0.3) is 0 Å². The second-order valence-electron chi connectivity index (χ2n) is 2.83. The monoisotopic (exact) mass is 131 g/mol. The highest BCUT2D eigenvalue weighted by molar-refractivity contribution is 4.58. The van der Waals surface area contributed by atoms with Gasteiger partial charge in [-0.1, -0.05) is 20.8 Å². The molecular formula is C7H17NO. The largest absolute Gasteiger partial charge is 0.381 e. The summed E-state index contributed by atoms with van der Waals surface area (Å²) in [4.78, 5) is 0. The maximum atomic E-state index is 8.39. The Morgan fingerprint density at radius 2 is 1.89 bits per heavy atom. The van der Waals surface area contributed by atoms with Crippen LogP contribution < -0.4 is 5.32 Å². The second kappa shape index (κ2) is 4.77. The SMILES string of the molecule is CC(C)C(C)CNCO. The topological polar surface area (TPSA) is 32.3 Å². The molecule has 0 saturated heterocycles. The van der Waals surface area contributed by atoms with Gasteiger partial charge in [0, 0.05) is 6.54 Å². The minimum atomic E-state index is 0.0943. The minimum Gasteiger partial charge on any atom is -0.381 e. The van der Waals surface area contributed by atoms with Crippen molar-refractivity contribution in [1.29, 1.82) is 0 Å². The first kappa shape index (κ1) is 8.92. The van der Waals surface area contributed by atoms with Crippen LogP contribution >= 0.6 is 0 Å². The summed E-state index contributed by atoms with van der Waals surface area (Å²) in [6, 6.07) is 0. The smallest absolute Gasteiger partial charge is 0.0931 e. The van der Waals surface area contributed by atoms with Crippen LogP contribution in [0.4, 0.5) is 0 Å². The summed E-state index contributed by atoms with van der Waals surface area (Å²) >= 11 is 0. The molecule has 0 heterocycles. The third kappa shape index (κ3) is 4.43. The number of hydrogen-bond donors (Lipinski definition) is 2. The Kier molecular flexibility index (Phi) is 4.72. The van der Waals surface area contributed by atoms with Crippen LogP contribution in [0.1, 0.15) is 20.8 Å².